The standard InChI is InChI=1S/C13H17NO4S/c1-9-5-3-4-6-11(9)19-8-12(16)14-10(7-15)13(17)18-2/h3-6,10,15H,7-8H2,1-2H3,(H,14,16)/t10-/m1/s1. The number of ether oxygens (including phenoxy) is 1. The molecule has 6 heteroatoms. The Morgan fingerprint density at radius 3 is 2.68 bits per heavy atom. The maximum atomic E-state index is 11.7. The normalized spacial score (nSPS) is 11.7. The summed E-state index contributed by atoms with van der Waals surface area (Å²) in [6, 6.07) is 6.72. The molecule has 0 aliphatic rings. The van der Waals surface area contributed by atoms with Crippen molar-refractivity contribution in [3.8, 4) is 0 Å². The molecule has 1 amide bonds. The molecule has 1 rings (SSSR count). The van der Waals surface area contributed by atoms with Crippen molar-refractivity contribution >= 4 is 23.6 Å². The van der Waals surface area contributed by atoms with E-state index in [1.54, 1.807) is 0 Å². The van der Waals surface area contributed by atoms with Crippen molar-refractivity contribution in [1.29, 1.82) is 0 Å². The molecule has 19 heavy (non-hydrogen) atoms. The molecule has 0 aliphatic heterocycles. The molecule has 0 aliphatic carbocycles. The molecule has 0 unspecified atom stereocenters. The highest BCUT2D eigenvalue weighted by Crippen LogP contribution is 2.21. The third-order valence-electron chi connectivity index (χ3n) is 2.46. The average Bonchev–Trinajstić information content (AvgIpc) is 2.43. The van der Waals surface area contributed by atoms with Gasteiger partial charge in [0.2, 0.25) is 5.91 Å². The summed E-state index contributed by atoms with van der Waals surface area (Å²) in [5, 5.41) is 11.4. The summed E-state index contributed by atoms with van der Waals surface area (Å²) in [6.45, 7) is 1.48. The van der Waals surface area contributed by atoms with Crippen LogP contribution in [0.4, 0.5) is 0 Å². The van der Waals surface area contributed by atoms with Gasteiger partial charge in [0.15, 0.2) is 6.04 Å². The van der Waals surface area contributed by atoms with Crippen LogP contribution in [-0.2, 0) is 14.3 Å². The van der Waals surface area contributed by atoms with Gasteiger partial charge in [-0.25, -0.2) is 4.79 Å². The highest BCUT2D eigenvalue weighted by molar-refractivity contribution is 8.00. The highest BCUT2D eigenvalue weighted by atomic mass is 32.2. The van der Waals surface area contributed by atoms with Crippen molar-refractivity contribution in [2.45, 2.75) is 17.9 Å². The fourth-order valence-corrected chi connectivity index (χ4v) is 2.26. The molecule has 1 aromatic carbocycles. The van der Waals surface area contributed by atoms with Crippen LogP contribution < -0.4 is 5.32 Å². The number of hydrogen-bond acceptors (Lipinski definition) is 5. The second-order valence-electron chi connectivity index (χ2n) is 3.88. The van der Waals surface area contributed by atoms with E-state index >= 15 is 0 Å². The van der Waals surface area contributed by atoms with Gasteiger partial charge in [-0.1, -0.05) is 18.2 Å². The average molecular weight is 283 g/mol. The quantitative estimate of drug-likeness (QED) is 0.595. The summed E-state index contributed by atoms with van der Waals surface area (Å²) in [7, 11) is 1.21. The van der Waals surface area contributed by atoms with E-state index in [4.69, 9.17) is 5.11 Å². The van der Waals surface area contributed by atoms with Gasteiger partial charge in [0.05, 0.1) is 19.5 Å². The van der Waals surface area contributed by atoms with Crippen molar-refractivity contribution in [3.05, 3.63) is 29.8 Å². The molecule has 104 valence electrons. The lowest BCUT2D eigenvalue weighted by atomic mass is 10.2. The van der Waals surface area contributed by atoms with E-state index in [1.807, 2.05) is 31.2 Å². The van der Waals surface area contributed by atoms with E-state index in [2.05, 4.69) is 10.1 Å². The maximum absolute atomic E-state index is 11.7. The first kappa shape index (κ1) is 15.5. The lowest BCUT2D eigenvalue weighted by molar-refractivity contribution is -0.145. The fraction of sp³-hybridized carbons (Fsp3) is 0.385. The van der Waals surface area contributed by atoms with Crippen LogP contribution in [0.25, 0.3) is 0 Å². The minimum atomic E-state index is -1.00. The number of carbonyl (C=O) groups excluding carboxylic acids is 2. The van der Waals surface area contributed by atoms with Gasteiger partial charge in [0, 0.05) is 4.90 Å². The van der Waals surface area contributed by atoms with Crippen LogP contribution in [0.15, 0.2) is 29.2 Å². The Morgan fingerprint density at radius 1 is 1.42 bits per heavy atom. The third-order valence-corrected chi connectivity index (χ3v) is 3.63. The number of nitrogens with one attached hydrogen (secondary N) is 1. The predicted molar refractivity (Wildman–Crippen MR) is 72.9 cm³/mol. The molecule has 1 aromatic rings. The Balaban J connectivity index is 2.48. The second kappa shape index (κ2) is 7.81. The fourth-order valence-electron chi connectivity index (χ4n) is 1.42. The van der Waals surface area contributed by atoms with E-state index < -0.39 is 18.6 Å². The van der Waals surface area contributed by atoms with Crippen LogP contribution in [0.3, 0.4) is 0 Å². The monoisotopic (exact) mass is 283 g/mol. The summed E-state index contributed by atoms with van der Waals surface area (Å²) in [6.07, 6.45) is 0. The second-order valence-corrected chi connectivity index (χ2v) is 4.90. The molecule has 0 heterocycles. The SMILES string of the molecule is COC(=O)[C@@H](CO)NC(=O)CSc1ccccc1C. The first-order valence-electron chi connectivity index (χ1n) is 5.75. The lowest BCUT2D eigenvalue weighted by Crippen LogP contribution is -2.44. The molecule has 0 fully saturated rings. The van der Waals surface area contributed by atoms with E-state index in [0.717, 1.165) is 10.5 Å². The molecule has 0 bridgehead atoms. The molecule has 0 aromatic heterocycles. The zero-order chi connectivity index (χ0) is 14.3. The Morgan fingerprint density at radius 2 is 2.11 bits per heavy atom. The molecule has 0 saturated carbocycles. The van der Waals surface area contributed by atoms with Crippen molar-refractivity contribution in [1.82, 2.24) is 5.32 Å². The molecule has 0 saturated heterocycles. The van der Waals surface area contributed by atoms with E-state index in [9.17, 15) is 9.59 Å². The van der Waals surface area contributed by atoms with Crippen LogP contribution in [-0.4, -0.2) is 42.5 Å². The zero-order valence-corrected chi connectivity index (χ0v) is 11.7. The van der Waals surface area contributed by atoms with Crippen molar-refractivity contribution < 1.29 is 19.4 Å². The number of esters is 1. The largest absolute Gasteiger partial charge is 0.467 e. The van der Waals surface area contributed by atoms with Crippen molar-refractivity contribution in [3.63, 3.8) is 0 Å². The molecular weight excluding hydrogens is 266 g/mol. The van der Waals surface area contributed by atoms with Gasteiger partial charge in [-0.3, -0.25) is 4.79 Å². The van der Waals surface area contributed by atoms with Crippen LogP contribution in [0.1, 0.15) is 5.56 Å². The number of aryl methyl sites for hydroxylation is 1. The molecule has 0 spiro atoms. The van der Waals surface area contributed by atoms with Crippen molar-refractivity contribution in [2.24, 2.45) is 0 Å². The van der Waals surface area contributed by atoms with Gasteiger partial charge in [0.25, 0.3) is 0 Å². The van der Waals surface area contributed by atoms with Crippen LogP contribution in [0.2, 0.25) is 0 Å². The number of amides is 1. The predicted octanol–water partition coefficient (Wildman–Crippen LogP) is 0.737. The summed E-state index contributed by atoms with van der Waals surface area (Å²) in [5.41, 5.74) is 1.09. The van der Waals surface area contributed by atoms with E-state index in [0.29, 0.717) is 0 Å². The topological polar surface area (TPSA) is 75.6 Å². The summed E-state index contributed by atoms with van der Waals surface area (Å²) >= 11 is 1.38. The van der Waals surface area contributed by atoms with E-state index in [-0.39, 0.29) is 11.7 Å². The number of carbonyl (C=O) groups is 2. The highest BCUT2D eigenvalue weighted by Gasteiger charge is 2.20. The molecule has 1 atom stereocenters. The number of thioether (sulfide) groups is 1. The zero-order valence-electron chi connectivity index (χ0n) is 10.9. The van der Waals surface area contributed by atoms with Gasteiger partial charge in [-0.15, -0.1) is 11.8 Å². The van der Waals surface area contributed by atoms with Crippen molar-refractivity contribution in [2.75, 3.05) is 19.5 Å². The Kier molecular flexibility index (Phi) is 6.38. The van der Waals surface area contributed by atoms with Crippen LogP contribution in [0.5, 0.6) is 0 Å². The third kappa shape index (κ3) is 4.92. The summed E-state index contributed by atoms with van der Waals surface area (Å²) < 4.78 is 4.47. The Labute approximate surface area is 116 Å². The maximum Gasteiger partial charge on any atom is 0.330 e. The molecule has 0 radical (unpaired) electrons. The molecular formula is C13H17NO4S. The molecule has 5 nitrogen and oxygen atoms in total. The van der Waals surface area contributed by atoms with Gasteiger partial charge >= 0.3 is 5.97 Å². The van der Waals surface area contributed by atoms with Crippen LogP contribution >= 0.6 is 11.8 Å². The first-order chi connectivity index (χ1) is 9.08. The number of rotatable bonds is 6. The van der Waals surface area contributed by atoms with Gasteiger partial charge in [-0.2, -0.15) is 0 Å². The number of aliphatic hydroxyl groups excluding tert-OH is 1. The lowest BCUT2D eigenvalue weighted by Gasteiger charge is -2.13. The summed E-state index contributed by atoms with van der Waals surface area (Å²) in [4.78, 5) is 23.9. The first-order valence-corrected chi connectivity index (χ1v) is 6.73. The number of aliphatic hydroxyl groups is 1. The van der Waals surface area contributed by atoms with Gasteiger partial charge in [0.1, 0.15) is 0 Å². The number of hydrogen-bond donors (Lipinski definition) is 2. The number of methoxy groups -OCH3 is 1. The minimum Gasteiger partial charge on any atom is -0.467 e. The number of benzene rings is 1. The minimum absolute atomic E-state index is 0.179. The van der Waals surface area contributed by atoms with Crippen LogP contribution in [0, 0.1) is 6.92 Å². The van der Waals surface area contributed by atoms with Gasteiger partial charge < -0.3 is 15.2 Å². The van der Waals surface area contributed by atoms with Gasteiger partial charge in [-0.05, 0) is 18.6 Å². The smallest absolute Gasteiger partial charge is 0.330 e. The summed E-state index contributed by atoms with van der Waals surface area (Å²) in [5.74, 6) is -0.798. The van der Waals surface area contributed by atoms with E-state index in [1.165, 1.54) is 18.9 Å². The Bertz CT molecular complexity index is 450. The Hall–Kier alpha value is -1.53. The molecule has 2 N–H and O–H groups in total.